The Kier molecular flexibility index (Phi) is 6.75. The van der Waals surface area contributed by atoms with E-state index in [4.69, 9.17) is 27.9 Å². The number of rotatable bonds is 7. The summed E-state index contributed by atoms with van der Waals surface area (Å²) in [6.07, 6.45) is 2.79. The number of benzene rings is 2. The van der Waals surface area contributed by atoms with Crippen molar-refractivity contribution in [3.05, 3.63) is 58.1 Å². The summed E-state index contributed by atoms with van der Waals surface area (Å²) in [5.74, 6) is 1.52. The van der Waals surface area contributed by atoms with Crippen LogP contribution in [0.5, 0.6) is 5.75 Å². The second kappa shape index (κ2) is 8.80. The van der Waals surface area contributed by atoms with Crippen molar-refractivity contribution in [1.29, 1.82) is 0 Å². The van der Waals surface area contributed by atoms with Gasteiger partial charge in [-0.05, 0) is 60.4 Å². The van der Waals surface area contributed by atoms with Gasteiger partial charge in [0.15, 0.2) is 0 Å². The molecule has 0 aliphatic rings. The lowest BCUT2D eigenvalue weighted by atomic mass is 10.1. The molecule has 0 amide bonds. The van der Waals surface area contributed by atoms with Gasteiger partial charge in [0.25, 0.3) is 0 Å². The van der Waals surface area contributed by atoms with Crippen LogP contribution in [0.25, 0.3) is 0 Å². The number of halogens is 2. The third-order valence-corrected chi connectivity index (χ3v) is 3.91. The van der Waals surface area contributed by atoms with E-state index in [2.05, 4.69) is 24.4 Å². The lowest BCUT2D eigenvalue weighted by Crippen LogP contribution is -2.01. The number of ether oxygens (including phenoxy) is 1. The molecule has 0 aliphatic heterocycles. The van der Waals surface area contributed by atoms with Crippen molar-refractivity contribution in [3.8, 4) is 5.75 Å². The van der Waals surface area contributed by atoms with Crippen molar-refractivity contribution in [3.63, 3.8) is 0 Å². The molecule has 0 spiro atoms. The van der Waals surface area contributed by atoms with Gasteiger partial charge in [-0.3, -0.25) is 5.43 Å². The first-order valence-electron chi connectivity index (χ1n) is 7.51. The molecule has 1 N–H and O–H groups in total. The number of nitrogens with one attached hydrogen (secondary N) is 1. The van der Waals surface area contributed by atoms with E-state index in [-0.39, 0.29) is 0 Å². The fraction of sp³-hybridized carbons (Fsp3) is 0.278. The number of hydrazone groups is 1. The van der Waals surface area contributed by atoms with Gasteiger partial charge in [0.05, 0.1) is 28.6 Å². The van der Waals surface area contributed by atoms with Gasteiger partial charge in [0, 0.05) is 0 Å². The quantitative estimate of drug-likeness (QED) is 0.500. The van der Waals surface area contributed by atoms with Crippen molar-refractivity contribution in [2.24, 2.45) is 11.0 Å². The van der Waals surface area contributed by atoms with Gasteiger partial charge in [0.2, 0.25) is 0 Å². The van der Waals surface area contributed by atoms with Crippen LogP contribution in [0.2, 0.25) is 10.0 Å². The zero-order valence-electron chi connectivity index (χ0n) is 13.2. The minimum atomic E-state index is 0.495. The van der Waals surface area contributed by atoms with Crippen LogP contribution in [0, 0.1) is 5.92 Å². The van der Waals surface area contributed by atoms with Crippen LogP contribution in [-0.4, -0.2) is 12.8 Å². The Morgan fingerprint density at radius 3 is 2.48 bits per heavy atom. The predicted octanol–water partition coefficient (Wildman–Crippen LogP) is 5.86. The van der Waals surface area contributed by atoms with E-state index in [0.29, 0.717) is 16.0 Å². The van der Waals surface area contributed by atoms with Crippen LogP contribution >= 0.6 is 23.2 Å². The van der Waals surface area contributed by atoms with Gasteiger partial charge in [-0.1, -0.05) is 37.0 Å². The maximum absolute atomic E-state index is 5.95. The first kappa shape index (κ1) is 17.6. The lowest BCUT2D eigenvalue weighted by molar-refractivity contribution is 0.289. The molecule has 23 heavy (non-hydrogen) atoms. The van der Waals surface area contributed by atoms with Crippen LogP contribution in [0.15, 0.2) is 47.6 Å². The summed E-state index contributed by atoms with van der Waals surface area (Å²) in [5, 5.41) is 5.20. The molecule has 122 valence electrons. The van der Waals surface area contributed by atoms with Crippen LogP contribution < -0.4 is 10.2 Å². The van der Waals surface area contributed by atoms with E-state index in [1.54, 1.807) is 18.3 Å². The molecule has 0 fully saturated rings. The maximum atomic E-state index is 5.95. The highest BCUT2D eigenvalue weighted by Crippen LogP contribution is 2.24. The molecule has 0 radical (unpaired) electrons. The number of hydrogen-bond acceptors (Lipinski definition) is 3. The van der Waals surface area contributed by atoms with Gasteiger partial charge in [-0.25, -0.2) is 0 Å². The van der Waals surface area contributed by atoms with E-state index in [0.717, 1.165) is 30.0 Å². The SMILES string of the molecule is CC(C)CCOc1ccc(/C=N\Nc2ccc(Cl)c(Cl)c2)cc1. The van der Waals surface area contributed by atoms with E-state index in [1.807, 2.05) is 30.3 Å². The molecule has 5 heteroatoms. The van der Waals surface area contributed by atoms with Crippen LogP contribution in [0.3, 0.4) is 0 Å². The molecule has 2 aromatic rings. The molecule has 0 unspecified atom stereocenters. The average molecular weight is 351 g/mol. The Balaban J connectivity index is 1.86. The van der Waals surface area contributed by atoms with Gasteiger partial charge in [-0.15, -0.1) is 0 Å². The third kappa shape index (κ3) is 6.12. The second-order valence-electron chi connectivity index (χ2n) is 5.60. The van der Waals surface area contributed by atoms with E-state index in [1.165, 1.54) is 0 Å². The van der Waals surface area contributed by atoms with E-state index in [9.17, 15) is 0 Å². The Bertz CT molecular complexity index is 655. The Morgan fingerprint density at radius 1 is 1.09 bits per heavy atom. The molecule has 2 rings (SSSR count). The largest absolute Gasteiger partial charge is 0.494 e. The minimum absolute atomic E-state index is 0.495. The normalized spacial score (nSPS) is 11.2. The third-order valence-electron chi connectivity index (χ3n) is 3.17. The van der Waals surface area contributed by atoms with Crippen molar-refractivity contribution in [2.75, 3.05) is 12.0 Å². The second-order valence-corrected chi connectivity index (χ2v) is 6.41. The van der Waals surface area contributed by atoms with Crippen molar-refractivity contribution in [2.45, 2.75) is 20.3 Å². The van der Waals surface area contributed by atoms with Gasteiger partial charge < -0.3 is 4.74 Å². The lowest BCUT2D eigenvalue weighted by Gasteiger charge is -2.08. The highest BCUT2D eigenvalue weighted by Gasteiger charge is 1.99. The Morgan fingerprint density at radius 2 is 1.83 bits per heavy atom. The zero-order chi connectivity index (χ0) is 16.7. The van der Waals surface area contributed by atoms with Crippen LogP contribution in [-0.2, 0) is 0 Å². The minimum Gasteiger partial charge on any atom is -0.494 e. The Labute approximate surface area is 147 Å². The van der Waals surface area contributed by atoms with E-state index < -0.39 is 0 Å². The summed E-state index contributed by atoms with van der Waals surface area (Å²) in [6, 6.07) is 13.1. The van der Waals surface area contributed by atoms with E-state index >= 15 is 0 Å². The molecule has 0 atom stereocenters. The molecular formula is C18H20Cl2N2O. The first-order valence-corrected chi connectivity index (χ1v) is 8.27. The fourth-order valence-electron chi connectivity index (χ4n) is 1.81. The summed E-state index contributed by atoms with van der Waals surface area (Å²) in [6.45, 7) is 5.11. The maximum Gasteiger partial charge on any atom is 0.119 e. The molecule has 0 aliphatic carbocycles. The molecule has 0 saturated carbocycles. The highest BCUT2D eigenvalue weighted by molar-refractivity contribution is 6.42. The molecule has 0 bridgehead atoms. The monoisotopic (exact) mass is 350 g/mol. The molecule has 2 aromatic carbocycles. The van der Waals surface area contributed by atoms with Crippen molar-refractivity contribution < 1.29 is 4.74 Å². The summed E-state index contributed by atoms with van der Waals surface area (Å²) in [4.78, 5) is 0. The highest BCUT2D eigenvalue weighted by atomic mass is 35.5. The van der Waals surface area contributed by atoms with Crippen LogP contribution in [0.1, 0.15) is 25.8 Å². The Hall–Kier alpha value is -1.71. The number of hydrogen-bond donors (Lipinski definition) is 1. The summed E-state index contributed by atoms with van der Waals surface area (Å²) >= 11 is 11.8. The molecule has 0 aromatic heterocycles. The topological polar surface area (TPSA) is 33.6 Å². The fourth-order valence-corrected chi connectivity index (χ4v) is 2.11. The van der Waals surface area contributed by atoms with Crippen LogP contribution in [0.4, 0.5) is 5.69 Å². The van der Waals surface area contributed by atoms with Crippen molar-refractivity contribution in [1.82, 2.24) is 0 Å². The summed E-state index contributed by atoms with van der Waals surface area (Å²) in [7, 11) is 0. The molecule has 3 nitrogen and oxygen atoms in total. The summed E-state index contributed by atoms with van der Waals surface area (Å²) < 4.78 is 5.68. The number of anilines is 1. The molecule has 0 heterocycles. The summed E-state index contributed by atoms with van der Waals surface area (Å²) in [5.41, 5.74) is 4.68. The average Bonchev–Trinajstić information content (AvgIpc) is 2.52. The predicted molar refractivity (Wildman–Crippen MR) is 99.1 cm³/mol. The molecule has 0 saturated heterocycles. The van der Waals surface area contributed by atoms with Crippen molar-refractivity contribution >= 4 is 35.1 Å². The zero-order valence-corrected chi connectivity index (χ0v) is 14.7. The molecular weight excluding hydrogens is 331 g/mol. The van der Waals surface area contributed by atoms with Gasteiger partial charge >= 0.3 is 0 Å². The van der Waals surface area contributed by atoms with Gasteiger partial charge in [-0.2, -0.15) is 5.10 Å². The standard InChI is InChI=1S/C18H20Cl2N2O/c1-13(2)9-10-23-16-6-3-14(4-7-16)12-21-22-15-5-8-17(19)18(20)11-15/h3-8,11-13,22H,9-10H2,1-2H3/b21-12-. The number of nitrogens with zero attached hydrogens (tertiary/aromatic N) is 1. The first-order chi connectivity index (χ1) is 11.0. The smallest absolute Gasteiger partial charge is 0.119 e. The van der Waals surface area contributed by atoms with Gasteiger partial charge in [0.1, 0.15) is 5.75 Å².